The molecule has 11 rings (SSSR count). The van der Waals surface area contributed by atoms with Crippen LogP contribution < -0.4 is 31.9 Å². The standard InChI is InChI=1S/C31H31N5O2.C26H23N5O/c37-31(36-29-6-2-5-28-25(29)4-1-3-23-19-32-15-11-27(23)35-28)22-7-9-24(10-8-22)34-30-12-16-33-20-26(30)21-13-17-38-18-14-21;32-26(18-7-9-20(10-8-18)29-21-11-14-27-15-12-21)31-25-6-2-5-24-22(25)4-1-3-19-17-28-16-13-23(19)30-24/h2,5-12,15-16,19-21,35H,1,3-4,13-14,17-18H2,(H,33,34)(H,36,37);2,5-17,30H,1,3-4H2,(H,27,29)(H,31,32). The van der Waals surface area contributed by atoms with Crippen molar-refractivity contribution in [3.63, 3.8) is 0 Å². The molecule has 0 unspecified atom stereocenters. The van der Waals surface area contributed by atoms with Crippen molar-refractivity contribution in [1.82, 2.24) is 19.9 Å². The molecule has 0 bridgehead atoms. The topological polar surface area (TPSA) is 167 Å². The highest BCUT2D eigenvalue weighted by Gasteiger charge is 2.21. The molecule has 70 heavy (non-hydrogen) atoms. The zero-order valence-corrected chi connectivity index (χ0v) is 38.8. The first-order chi connectivity index (χ1) is 34.5. The number of carbonyl (C=O) groups is 2. The molecule has 0 atom stereocenters. The van der Waals surface area contributed by atoms with Crippen LogP contribution in [0.3, 0.4) is 0 Å². The quantitative estimate of drug-likeness (QED) is 0.0815. The number of aromatic nitrogens is 4. The maximum atomic E-state index is 13.2. The van der Waals surface area contributed by atoms with Gasteiger partial charge in [0.15, 0.2) is 0 Å². The van der Waals surface area contributed by atoms with Gasteiger partial charge in [0.05, 0.1) is 0 Å². The van der Waals surface area contributed by atoms with Crippen molar-refractivity contribution >= 4 is 68.7 Å². The van der Waals surface area contributed by atoms with E-state index in [1.165, 1.54) is 16.7 Å². The maximum absolute atomic E-state index is 13.2. The van der Waals surface area contributed by atoms with Crippen molar-refractivity contribution < 1.29 is 14.3 Å². The minimum atomic E-state index is -0.125. The van der Waals surface area contributed by atoms with E-state index in [2.05, 4.69) is 64.0 Å². The molecular weight excluding hydrogens is 873 g/mol. The summed E-state index contributed by atoms with van der Waals surface area (Å²) in [6.45, 7) is 1.57. The van der Waals surface area contributed by atoms with Gasteiger partial charge in [-0.3, -0.25) is 29.5 Å². The Morgan fingerprint density at radius 1 is 0.471 bits per heavy atom. The Morgan fingerprint density at radius 3 is 1.51 bits per heavy atom. The molecule has 1 fully saturated rings. The number of hydrogen-bond donors (Lipinski definition) is 6. The van der Waals surface area contributed by atoms with Crippen LogP contribution in [0.25, 0.3) is 0 Å². The van der Waals surface area contributed by atoms with Gasteiger partial charge in [-0.2, -0.15) is 0 Å². The molecule has 0 saturated carbocycles. The van der Waals surface area contributed by atoms with Gasteiger partial charge in [-0.15, -0.1) is 0 Å². The molecule has 13 heteroatoms. The third-order valence-electron chi connectivity index (χ3n) is 13.0. The lowest BCUT2D eigenvalue weighted by molar-refractivity contribution is 0.0854. The number of anilines is 10. The smallest absolute Gasteiger partial charge is 0.255 e. The van der Waals surface area contributed by atoms with E-state index >= 15 is 0 Å². The minimum absolute atomic E-state index is 0.122. The number of aryl methyl sites for hydroxylation is 2. The summed E-state index contributed by atoms with van der Waals surface area (Å²) in [5, 5.41) is 20.1. The van der Waals surface area contributed by atoms with Crippen LogP contribution in [-0.4, -0.2) is 45.0 Å². The van der Waals surface area contributed by atoms with E-state index in [1.54, 1.807) is 24.8 Å². The van der Waals surface area contributed by atoms with Crippen LogP contribution in [0.4, 0.5) is 56.9 Å². The van der Waals surface area contributed by atoms with Crippen LogP contribution in [0.1, 0.15) is 80.1 Å². The van der Waals surface area contributed by atoms with Crippen molar-refractivity contribution in [2.75, 3.05) is 45.1 Å². The second kappa shape index (κ2) is 21.7. The normalized spacial score (nSPS) is 13.9. The summed E-state index contributed by atoms with van der Waals surface area (Å²) in [7, 11) is 0. The lowest BCUT2D eigenvalue weighted by Crippen LogP contribution is -2.15. The van der Waals surface area contributed by atoms with Crippen LogP contribution in [-0.2, 0) is 30.4 Å². The third kappa shape index (κ3) is 11.0. The van der Waals surface area contributed by atoms with Gasteiger partial charge in [0.2, 0.25) is 0 Å². The van der Waals surface area contributed by atoms with Crippen molar-refractivity contribution in [3.8, 4) is 0 Å². The number of carbonyl (C=O) groups excluding carboxylic acids is 2. The minimum Gasteiger partial charge on any atom is -0.381 e. The van der Waals surface area contributed by atoms with Crippen LogP contribution in [0, 0.1) is 0 Å². The lowest BCUT2D eigenvalue weighted by atomic mass is 9.91. The van der Waals surface area contributed by atoms with Crippen LogP contribution in [0.2, 0.25) is 0 Å². The summed E-state index contributed by atoms with van der Waals surface area (Å²) in [5.74, 6) is 0.193. The average molecular weight is 927 g/mol. The fraction of sp³-hybridized carbons (Fsp3) is 0.193. The Balaban J connectivity index is 0.000000165. The highest BCUT2D eigenvalue weighted by molar-refractivity contribution is 6.06. The number of pyridine rings is 4. The van der Waals surface area contributed by atoms with E-state index in [0.29, 0.717) is 17.0 Å². The summed E-state index contributed by atoms with van der Waals surface area (Å²) in [6, 6.07) is 36.9. The van der Waals surface area contributed by atoms with Gasteiger partial charge < -0.3 is 36.6 Å². The van der Waals surface area contributed by atoms with E-state index in [0.717, 1.165) is 133 Å². The number of benzene rings is 4. The maximum Gasteiger partial charge on any atom is 0.255 e. The monoisotopic (exact) mass is 926 g/mol. The highest BCUT2D eigenvalue weighted by Crippen LogP contribution is 2.36. The van der Waals surface area contributed by atoms with Crippen LogP contribution >= 0.6 is 0 Å². The Hall–Kier alpha value is -8.42. The average Bonchev–Trinajstić information content (AvgIpc) is 3.38. The van der Waals surface area contributed by atoms with Crippen molar-refractivity contribution in [2.24, 2.45) is 0 Å². The molecule has 13 nitrogen and oxygen atoms in total. The molecule has 0 spiro atoms. The number of nitrogens with one attached hydrogen (secondary N) is 6. The molecule has 3 aliphatic rings. The number of hydrogen-bond acceptors (Lipinski definition) is 11. The molecule has 4 aromatic heterocycles. The number of ether oxygens (including phenoxy) is 1. The molecule has 7 heterocycles. The highest BCUT2D eigenvalue weighted by atomic mass is 16.5. The van der Waals surface area contributed by atoms with Gasteiger partial charge >= 0.3 is 0 Å². The second-order valence-corrected chi connectivity index (χ2v) is 17.6. The first kappa shape index (κ1) is 45.4. The molecule has 0 radical (unpaired) electrons. The number of nitrogens with zero attached hydrogens (tertiary/aromatic N) is 4. The fourth-order valence-electron chi connectivity index (χ4n) is 9.29. The summed E-state index contributed by atoms with van der Waals surface area (Å²) in [4.78, 5) is 43.0. The van der Waals surface area contributed by atoms with Crippen molar-refractivity contribution in [1.29, 1.82) is 0 Å². The molecular formula is C57H54N10O3. The number of amides is 2. The fourth-order valence-corrected chi connectivity index (χ4v) is 9.29. The molecule has 1 saturated heterocycles. The number of fused-ring (bicyclic) bond motifs is 4. The zero-order chi connectivity index (χ0) is 47.5. The van der Waals surface area contributed by atoms with Gasteiger partial charge in [0, 0.05) is 131 Å². The molecule has 4 aromatic carbocycles. The molecule has 350 valence electrons. The van der Waals surface area contributed by atoms with Crippen LogP contribution in [0.15, 0.2) is 165 Å². The Bertz CT molecular complexity index is 3090. The SMILES string of the molecule is O=C(Nc1cccc2c1CCCc1cnccc1N2)c1ccc(Nc2ccncc2)cc1.O=C(Nc1cccc2c1CCCc1cnccc1N2)c1ccc(Nc2ccncc2C2CCOCC2)cc1. The zero-order valence-electron chi connectivity index (χ0n) is 38.8. The van der Waals surface area contributed by atoms with Gasteiger partial charge in [-0.25, -0.2) is 0 Å². The molecule has 3 aliphatic heterocycles. The largest absolute Gasteiger partial charge is 0.381 e. The predicted octanol–water partition coefficient (Wildman–Crippen LogP) is 12.3. The van der Waals surface area contributed by atoms with Crippen LogP contribution in [0.5, 0.6) is 0 Å². The van der Waals surface area contributed by atoms with E-state index in [4.69, 9.17) is 4.74 Å². The Morgan fingerprint density at radius 2 is 0.957 bits per heavy atom. The lowest BCUT2D eigenvalue weighted by Gasteiger charge is -2.24. The molecule has 8 aromatic rings. The van der Waals surface area contributed by atoms with E-state index in [1.807, 2.05) is 128 Å². The predicted molar refractivity (Wildman–Crippen MR) is 279 cm³/mol. The van der Waals surface area contributed by atoms with E-state index < -0.39 is 0 Å². The van der Waals surface area contributed by atoms with Crippen molar-refractivity contribution in [3.05, 3.63) is 204 Å². The second-order valence-electron chi connectivity index (χ2n) is 17.6. The van der Waals surface area contributed by atoms with E-state index in [-0.39, 0.29) is 11.8 Å². The summed E-state index contributed by atoms with van der Waals surface area (Å²) in [5.41, 5.74) is 16.8. The summed E-state index contributed by atoms with van der Waals surface area (Å²) in [6.07, 6.45) is 22.3. The van der Waals surface area contributed by atoms with Crippen molar-refractivity contribution in [2.45, 2.75) is 57.3 Å². The Labute approximate surface area is 407 Å². The van der Waals surface area contributed by atoms with Gasteiger partial charge in [-0.1, -0.05) is 12.1 Å². The number of rotatable bonds is 9. The molecule has 0 aliphatic carbocycles. The van der Waals surface area contributed by atoms with Gasteiger partial charge in [0.1, 0.15) is 0 Å². The Kier molecular flexibility index (Phi) is 14.1. The summed E-state index contributed by atoms with van der Waals surface area (Å²) >= 11 is 0. The van der Waals surface area contributed by atoms with E-state index in [9.17, 15) is 9.59 Å². The first-order valence-corrected chi connectivity index (χ1v) is 23.9. The molecule has 6 N–H and O–H groups in total. The molecule has 2 amide bonds. The van der Waals surface area contributed by atoms with Gasteiger partial charge in [-0.05, 0) is 188 Å². The summed E-state index contributed by atoms with van der Waals surface area (Å²) < 4.78 is 5.53. The first-order valence-electron chi connectivity index (χ1n) is 23.9. The van der Waals surface area contributed by atoms with Gasteiger partial charge in [0.25, 0.3) is 11.8 Å². The third-order valence-corrected chi connectivity index (χ3v) is 13.0.